The van der Waals surface area contributed by atoms with Crippen molar-refractivity contribution in [3.05, 3.63) is 35.9 Å². The van der Waals surface area contributed by atoms with Crippen LogP contribution in [-0.4, -0.2) is 29.0 Å². The monoisotopic (exact) mass is 400 g/mol. The van der Waals surface area contributed by atoms with Crippen molar-refractivity contribution in [3.63, 3.8) is 0 Å². The molecule has 1 fully saturated rings. The van der Waals surface area contributed by atoms with Gasteiger partial charge in [0.15, 0.2) is 0 Å². The zero-order valence-electron chi connectivity index (χ0n) is 17.4. The number of benzene rings is 1. The Balaban J connectivity index is 1.48. The molecule has 0 unspecified atom stereocenters. The third-order valence-corrected chi connectivity index (χ3v) is 6.59. The predicted molar refractivity (Wildman–Crippen MR) is 122 cm³/mol. The highest BCUT2D eigenvalue weighted by Crippen LogP contribution is 2.22. The molecule has 1 aromatic heterocycles. The fourth-order valence-corrected chi connectivity index (χ4v) is 4.58. The maximum absolute atomic E-state index is 4.77. The van der Waals surface area contributed by atoms with Gasteiger partial charge in [-0.3, -0.25) is 0 Å². The van der Waals surface area contributed by atoms with Gasteiger partial charge in [0.05, 0.1) is 0 Å². The molecule has 28 heavy (non-hydrogen) atoms. The van der Waals surface area contributed by atoms with Crippen LogP contribution in [-0.2, 0) is 6.42 Å². The van der Waals surface area contributed by atoms with Crippen molar-refractivity contribution in [1.29, 1.82) is 0 Å². The van der Waals surface area contributed by atoms with E-state index in [1.807, 2.05) is 0 Å². The second-order valence-corrected chi connectivity index (χ2v) is 8.89. The molecule has 4 nitrogen and oxygen atoms in total. The van der Waals surface area contributed by atoms with Crippen LogP contribution >= 0.6 is 11.5 Å². The zero-order valence-corrected chi connectivity index (χ0v) is 18.2. The second-order valence-electron chi connectivity index (χ2n) is 8.16. The van der Waals surface area contributed by atoms with Crippen molar-refractivity contribution in [2.45, 2.75) is 83.1 Å². The first-order valence-corrected chi connectivity index (χ1v) is 11.9. The van der Waals surface area contributed by atoms with Gasteiger partial charge in [0, 0.05) is 31.2 Å². The molecule has 1 N–H and O–H groups in total. The van der Waals surface area contributed by atoms with Gasteiger partial charge in [-0.15, -0.1) is 0 Å². The number of anilines is 2. The van der Waals surface area contributed by atoms with Crippen LogP contribution in [0, 0.1) is 0 Å². The van der Waals surface area contributed by atoms with Crippen molar-refractivity contribution in [3.8, 4) is 0 Å². The Morgan fingerprint density at radius 1 is 0.929 bits per heavy atom. The van der Waals surface area contributed by atoms with Crippen molar-refractivity contribution < 1.29 is 0 Å². The quantitative estimate of drug-likeness (QED) is 0.617. The molecule has 0 bridgehead atoms. The Morgan fingerprint density at radius 2 is 1.54 bits per heavy atom. The Kier molecular flexibility index (Phi) is 9.08. The summed E-state index contributed by atoms with van der Waals surface area (Å²) in [6.45, 7) is 0.960. The van der Waals surface area contributed by atoms with Crippen molar-refractivity contribution in [1.82, 2.24) is 9.36 Å². The molecule has 1 heterocycles. The van der Waals surface area contributed by atoms with Crippen LogP contribution in [0.5, 0.6) is 0 Å². The molecule has 1 saturated carbocycles. The summed E-state index contributed by atoms with van der Waals surface area (Å²) >= 11 is 1.51. The van der Waals surface area contributed by atoms with E-state index in [1.54, 1.807) is 0 Å². The Morgan fingerprint density at radius 3 is 2.18 bits per heavy atom. The smallest absolute Gasteiger partial charge is 0.236 e. The molecule has 0 atom stereocenters. The topological polar surface area (TPSA) is 41.1 Å². The number of aromatic nitrogens is 2. The summed E-state index contributed by atoms with van der Waals surface area (Å²) in [4.78, 5) is 6.99. The van der Waals surface area contributed by atoms with E-state index in [2.05, 4.69) is 52.0 Å². The van der Waals surface area contributed by atoms with Crippen LogP contribution < -0.4 is 10.2 Å². The maximum atomic E-state index is 4.77. The van der Waals surface area contributed by atoms with Crippen molar-refractivity contribution >= 4 is 22.6 Å². The number of hydrogen-bond acceptors (Lipinski definition) is 5. The molecule has 0 aliphatic heterocycles. The van der Waals surface area contributed by atoms with E-state index < -0.39 is 0 Å². The number of nitrogens with zero attached hydrogens (tertiary/aromatic N) is 3. The summed E-state index contributed by atoms with van der Waals surface area (Å²) < 4.78 is 4.59. The molecular weight excluding hydrogens is 364 g/mol. The lowest BCUT2D eigenvalue weighted by atomic mass is 9.98. The molecule has 154 valence electrons. The normalized spacial score (nSPS) is 17.5. The molecular formula is C23H36N4S. The van der Waals surface area contributed by atoms with E-state index in [4.69, 9.17) is 4.98 Å². The first-order chi connectivity index (χ1) is 13.8. The maximum Gasteiger partial charge on any atom is 0.236 e. The lowest BCUT2D eigenvalue weighted by Crippen LogP contribution is -2.22. The molecule has 5 heteroatoms. The molecule has 0 saturated heterocycles. The molecule has 0 radical (unpaired) electrons. The summed E-state index contributed by atoms with van der Waals surface area (Å²) in [5.74, 6) is 0.823. The third kappa shape index (κ3) is 7.42. The van der Waals surface area contributed by atoms with Gasteiger partial charge >= 0.3 is 0 Å². The van der Waals surface area contributed by atoms with Crippen molar-refractivity contribution in [2.24, 2.45) is 0 Å². The average molecular weight is 401 g/mol. The van der Waals surface area contributed by atoms with Gasteiger partial charge in [0.1, 0.15) is 0 Å². The van der Waals surface area contributed by atoms with Crippen LogP contribution in [0.15, 0.2) is 30.3 Å². The molecule has 0 amide bonds. The molecule has 1 aliphatic rings. The first kappa shape index (κ1) is 21.1. The number of rotatable bonds is 6. The molecule has 3 rings (SSSR count). The largest absolute Gasteiger partial charge is 0.351 e. The highest BCUT2D eigenvalue weighted by molar-refractivity contribution is 7.09. The lowest BCUT2D eigenvalue weighted by molar-refractivity contribution is 0.479. The first-order valence-electron chi connectivity index (χ1n) is 11.2. The molecule has 1 aromatic carbocycles. The van der Waals surface area contributed by atoms with Crippen LogP contribution in [0.3, 0.4) is 0 Å². The minimum absolute atomic E-state index is 0.525. The van der Waals surface area contributed by atoms with Crippen LogP contribution in [0.25, 0.3) is 0 Å². The van der Waals surface area contributed by atoms with E-state index in [0.717, 1.165) is 24.0 Å². The zero-order chi connectivity index (χ0) is 19.4. The van der Waals surface area contributed by atoms with Crippen LogP contribution in [0.1, 0.15) is 76.2 Å². The predicted octanol–water partition coefficient (Wildman–Crippen LogP) is 6.30. The van der Waals surface area contributed by atoms with Gasteiger partial charge < -0.3 is 10.2 Å². The Bertz CT molecular complexity index is 646. The number of hydrogen-bond donors (Lipinski definition) is 1. The Hall–Kier alpha value is -1.62. The Labute approximate surface area is 174 Å². The molecule has 2 aromatic rings. The minimum Gasteiger partial charge on any atom is -0.351 e. The van der Waals surface area contributed by atoms with Gasteiger partial charge in [0.25, 0.3) is 0 Å². The van der Waals surface area contributed by atoms with Gasteiger partial charge in [-0.05, 0) is 24.8 Å². The lowest BCUT2D eigenvalue weighted by Gasteiger charge is -2.19. The number of likely N-dealkylation sites (N-methyl/N-ethyl adjacent to an activating group) is 1. The highest BCUT2D eigenvalue weighted by atomic mass is 32.1. The summed E-state index contributed by atoms with van der Waals surface area (Å²) in [5.41, 5.74) is 1.37. The van der Waals surface area contributed by atoms with Gasteiger partial charge in [-0.2, -0.15) is 9.36 Å². The van der Waals surface area contributed by atoms with Crippen molar-refractivity contribution in [2.75, 3.05) is 23.8 Å². The molecule has 1 aliphatic carbocycles. The van der Waals surface area contributed by atoms with E-state index in [1.165, 1.54) is 87.7 Å². The van der Waals surface area contributed by atoms with Gasteiger partial charge in [-0.1, -0.05) is 88.1 Å². The summed E-state index contributed by atoms with van der Waals surface area (Å²) in [6.07, 6.45) is 16.0. The van der Waals surface area contributed by atoms with E-state index in [-0.39, 0.29) is 0 Å². The molecule has 0 spiro atoms. The van der Waals surface area contributed by atoms with E-state index >= 15 is 0 Å². The van der Waals surface area contributed by atoms with Gasteiger partial charge in [-0.25, -0.2) is 0 Å². The number of nitrogens with one attached hydrogen (secondary N) is 1. The standard InChI is InChI=1S/C23H36N4S/c1-27(19-18-20-14-10-9-11-15-20)23-25-22(26-28-23)24-21-16-12-7-5-3-2-4-6-8-13-17-21/h9-11,14-15,21H,2-8,12-13,16-19H2,1H3,(H,24,26). The average Bonchev–Trinajstić information content (AvgIpc) is 3.18. The third-order valence-electron chi connectivity index (χ3n) is 5.76. The fourth-order valence-electron chi connectivity index (χ4n) is 3.96. The summed E-state index contributed by atoms with van der Waals surface area (Å²) in [7, 11) is 2.11. The summed E-state index contributed by atoms with van der Waals surface area (Å²) in [5, 5.41) is 4.65. The van der Waals surface area contributed by atoms with E-state index in [0.29, 0.717) is 6.04 Å². The highest BCUT2D eigenvalue weighted by Gasteiger charge is 2.14. The van der Waals surface area contributed by atoms with Crippen LogP contribution in [0.4, 0.5) is 11.1 Å². The van der Waals surface area contributed by atoms with Gasteiger partial charge in [0.2, 0.25) is 11.1 Å². The summed E-state index contributed by atoms with van der Waals surface area (Å²) in [6, 6.07) is 11.2. The van der Waals surface area contributed by atoms with E-state index in [9.17, 15) is 0 Å². The van der Waals surface area contributed by atoms with Crippen LogP contribution in [0.2, 0.25) is 0 Å². The second kappa shape index (κ2) is 12.1. The SMILES string of the molecule is CN(CCc1ccccc1)c1nc(NC2CCCCCCCCCCC2)ns1. The minimum atomic E-state index is 0.525. The fraction of sp³-hybridized carbons (Fsp3) is 0.652.